The van der Waals surface area contributed by atoms with Crippen LogP contribution < -0.4 is 15.4 Å². The molecule has 0 bridgehead atoms. The van der Waals surface area contributed by atoms with E-state index >= 15 is 0 Å². The highest BCUT2D eigenvalue weighted by Gasteiger charge is 2.46. The lowest BCUT2D eigenvalue weighted by Crippen LogP contribution is -2.35. The van der Waals surface area contributed by atoms with E-state index in [9.17, 15) is 18.0 Å². The van der Waals surface area contributed by atoms with Crippen LogP contribution in [0, 0.1) is 6.92 Å². The first-order chi connectivity index (χ1) is 15.2. The number of aryl methyl sites for hydroxylation is 1. The molecule has 168 valence electrons. The minimum Gasteiger partial charge on any atom is -0.495 e. The minimum atomic E-state index is -4.52. The van der Waals surface area contributed by atoms with E-state index in [-0.39, 0.29) is 23.0 Å². The van der Waals surface area contributed by atoms with Crippen molar-refractivity contribution >= 4 is 29.0 Å². The summed E-state index contributed by atoms with van der Waals surface area (Å²) < 4.78 is 47.4. The van der Waals surface area contributed by atoms with Crippen molar-refractivity contribution in [3.8, 4) is 5.75 Å². The van der Waals surface area contributed by atoms with Gasteiger partial charge >= 0.3 is 6.18 Å². The molecule has 0 spiro atoms. The van der Waals surface area contributed by atoms with Gasteiger partial charge in [-0.1, -0.05) is 41.4 Å². The molecular formula is C22H20ClF3N4O2. The van der Waals surface area contributed by atoms with Crippen molar-refractivity contribution in [1.29, 1.82) is 0 Å². The predicted octanol–water partition coefficient (Wildman–Crippen LogP) is 5.77. The summed E-state index contributed by atoms with van der Waals surface area (Å²) in [5.41, 5.74) is 1.97. The third kappa shape index (κ3) is 4.38. The number of anilines is 2. The van der Waals surface area contributed by atoms with Gasteiger partial charge in [0.25, 0.3) is 5.91 Å². The summed E-state index contributed by atoms with van der Waals surface area (Å²) in [6, 6.07) is 10.8. The molecule has 4 rings (SSSR count). The molecular weight excluding hydrogens is 445 g/mol. The van der Waals surface area contributed by atoms with Crippen molar-refractivity contribution in [2.24, 2.45) is 0 Å². The number of benzene rings is 2. The predicted molar refractivity (Wildman–Crippen MR) is 115 cm³/mol. The van der Waals surface area contributed by atoms with E-state index in [0.29, 0.717) is 11.4 Å². The Balaban J connectivity index is 1.62. The van der Waals surface area contributed by atoms with Crippen molar-refractivity contribution in [3.05, 3.63) is 70.4 Å². The lowest BCUT2D eigenvalue weighted by molar-refractivity contribution is -0.173. The van der Waals surface area contributed by atoms with E-state index in [1.807, 2.05) is 19.1 Å². The average Bonchev–Trinajstić information content (AvgIpc) is 3.17. The Kier molecular flexibility index (Phi) is 5.77. The highest BCUT2D eigenvalue weighted by atomic mass is 35.5. The number of fused-ring (bicyclic) bond motifs is 1. The molecule has 1 aromatic heterocycles. The number of methoxy groups -OCH3 is 1. The number of hydrogen-bond donors (Lipinski definition) is 2. The highest BCUT2D eigenvalue weighted by molar-refractivity contribution is 6.32. The lowest BCUT2D eigenvalue weighted by Gasteiger charge is -2.33. The van der Waals surface area contributed by atoms with Gasteiger partial charge < -0.3 is 15.4 Å². The van der Waals surface area contributed by atoms with Gasteiger partial charge in [0, 0.05) is 18.2 Å². The van der Waals surface area contributed by atoms with Crippen LogP contribution in [0.25, 0.3) is 0 Å². The Labute approximate surface area is 187 Å². The molecule has 6 nitrogen and oxygen atoms in total. The van der Waals surface area contributed by atoms with E-state index in [0.717, 1.165) is 15.8 Å². The first kappa shape index (κ1) is 22.0. The number of nitrogens with one attached hydrogen (secondary N) is 2. The molecule has 1 amide bonds. The molecule has 0 unspecified atom stereocenters. The zero-order chi connectivity index (χ0) is 23.0. The second-order valence-corrected chi connectivity index (χ2v) is 7.97. The van der Waals surface area contributed by atoms with Crippen LogP contribution in [-0.4, -0.2) is 29.0 Å². The number of carbonyl (C=O) groups is 1. The van der Waals surface area contributed by atoms with E-state index in [1.54, 1.807) is 24.3 Å². The molecule has 10 heteroatoms. The Morgan fingerprint density at radius 2 is 1.94 bits per heavy atom. The van der Waals surface area contributed by atoms with Crippen molar-refractivity contribution in [1.82, 2.24) is 9.78 Å². The standard InChI is InChI=1S/C22H20ClF3N4O2/c1-12-3-5-13(6-4-12)16-10-19(22(24,25)26)30-20(28-16)11-17(29-30)21(31)27-14-7-8-18(32-2)15(23)9-14/h3-9,11,16,19,28H,10H2,1-2H3,(H,27,31)/t16-,19+/m0/s1. The van der Waals surface area contributed by atoms with Crippen LogP contribution in [0.3, 0.4) is 0 Å². The number of aromatic nitrogens is 2. The van der Waals surface area contributed by atoms with Crippen molar-refractivity contribution < 1.29 is 22.7 Å². The molecule has 2 N–H and O–H groups in total. The van der Waals surface area contributed by atoms with Crippen LogP contribution in [0.4, 0.5) is 24.7 Å². The first-order valence-electron chi connectivity index (χ1n) is 9.80. The van der Waals surface area contributed by atoms with E-state index < -0.39 is 24.2 Å². The van der Waals surface area contributed by atoms with Crippen LogP contribution in [0.2, 0.25) is 5.02 Å². The van der Waals surface area contributed by atoms with Gasteiger partial charge in [-0.15, -0.1) is 0 Å². The number of alkyl halides is 3. The molecule has 32 heavy (non-hydrogen) atoms. The largest absolute Gasteiger partial charge is 0.495 e. The zero-order valence-electron chi connectivity index (χ0n) is 17.2. The fourth-order valence-electron chi connectivity index (χ4n) is 3.64. The minimum absolute atomic E-state index is 0.127. The summed E-state index contributed by atoms with van der Waals surface area (Å²) in [6.45, 7) is 1.91. The molecule has 0 radical (unpaired) electrons. The van der Waals surface area contributed by atoms with Crippen molar-refractivity contribution in [2.75, 3.05) is 17.7 Å². The average molecular weight is 465 g/mol. The second kappa shape index (κ2) is 8.38. The van der Waals surface area contributed by atoms with E-state index in [1.165, 1.54) is 19.2 Å². The van der Waals surface area contributed by atoms with Gasteiger partial charge in [0.2, 0.25) is 0 Å². The molecule has 1 aliphatic heterocycles. The quantitative estimate of drug-likeness (QED) is 0.514. The fraction of sp³-hybridized carbons (Fsp3) is 0.273. The van der Waals surface area contributed by atoms with Gasteiger partial charge in [0.1, 0.15) is 11.6 Å². The van der Waals surface area contributed by atoms with Gasteiger partial charge in [-0.3, -0.25) is 4.79 Å². The maximum atomic E-state index is 13.8. The summed E-state index contributed by atoms with van der Waals surface area (Å²) in [4.78, 5) is 12.7. The molecule has 2 aromatic carbocycles. The smallest absolute Gasteiger partial charge is 0.410 e. The van der Waals surface area contributed by atoms with Crippen LogP contribution in [0.1, 0.15) is 40.1 Å². The summed E-state index contributed by atoms with van der Waals surface area (Å²) in [6.07, 6.45) is -4.76. The molecule has 0 saturated carbocycles. The van der Waals surface area contributed by atoms with Gasteiger partial charge in [-0.2, -0.15) is 18.3 Å². The number of amides is 1. The Hall–Kier alpha value is -3.20. The van der Waals surface area contributed by atoms with Gasteiger partial charge in [0.05, 0.1) is 18.2 Å². The Morgan fingerprint density at radius 3 is 2.56 bits per heavy atom. The SMILES string of the molecule is COc1ccc(NC(=O)c2cc3n(n2)[C@@H](C(F)(F)F)C[C@@H](c2ccc(C)cc2)N3)cc1Cl. The fourth-order valence-corrected chi connectivity index (χ4v) is 3.90. The van der Waals surface area contributed by atoms with Gasteiger partial charge in [-0.05, 0) is 30.7 Å². The Morgan fingerprint density at radius 1 is 1.22 bits per heavy atom. The molecule has 2 atom stereocenters. The summed E-state index contributed by atoms with van der Waals surface area (Å²) >= 11 is 6.06. The molecule has 1 aliphatic rings. The molecule has 3 aromatic rings. The Bertz CT molecular complexity index is 1150. The number of nitrogens with zero attached hydrogens (tertiary/aromatic N) is 2. The number of ether oxygens (including phenoxy) is 1. The van der Waals surface area contributed by atoms with Crippen molar-refractivity contribution in [3.63, 3.8) is 0 Å². The maximum Gasteiger partial charge on any atom is 0.410 e. The van der Waals surface area contributed by atoms with Crippen LogP contribution in [0.15, 0.2) is 48.5 Å². The van der Waals surface area contributed by atoms with E-state index in [4.69, 9.17) is 16.3 Å². The van der Waals surface area contributed by atoms with Gasteiger partial charge in [0.15, 0.2) is 11.7 Å². The summed E-state index contributed by atoms with van der Waals surface area (Å²) in [5, 5.41) is 9.92. The summed E-state index contributed by atoms with van der Waals surface area (Å²) in [5.74, 6) is -0.0914. The molecule has 0 saturated heterocycles. The zero-order valence-corrected chi connectivity index (χ0v) is 18.0. The molecule has 0 aliphatic carbocycles. The number of carbonyl (C=O) groups excluding carboxylic acids is 1. The first-order valence-corrected chi connectivity index (χ1v) is 10.2. The lowest BCUT2D eigenvalue weighted by atomic mass is 9.96. The topological polar surface area (TPSA) is 68.2 Å². The highest BCUT2D eigenvalue weighted by Crippen LogP contribution is 2.43. The van der Waals surface area contributed by atoms with Gasteiger partial charge in [-0.25, -0.2) is 4.68 Å². The number of hydrogen-bond acceptors (Lipinski definition) is 4. The molecule has 2 heterocycles. The second-order valence-electron chi connectivity index (χ2n) is 7.56. The van der Waals surface area contributed by atoms with Crippen LogP contribution >= 0.6 is 11.6 Å². The maximum absolute atomic E-state index is 13.8. The van der Waals surface area contributed by atoms with Crippen LogP contribution in [0.5, 0.6) is 5.75 Å². The molecule has 0 fully saturated rings. The third-order valence-electron chi connectivity index (χ3n) is 5.31. The summed E-state index contributed by atoms with van der Waals surface area (Å²) in [7, 11) is 1.46. The number of rotatable bonds is 4. The van der Waals surface area contributed by atoms with E-state index in [2.05, 4.69) is 15.7 Å². The monoisotopic (exact) mass is 464 g/mol. The normalized spacial score (nSPS) is 17.9. The number of halogens is 4. The van der Waals surface area contributed by atoms with Crippen LogP contribution in [-0.2, 0) is 0 Å². The third-order valence-corrected chi connectivity index (χ3v) is 5.61. The van der Waals surface area contributed by atoms with Crippen molar-refractivity contribution in [2.45, 2.75) is 31.6 Å².